The Hall–Kier alpha value is -4.31. The molecule has 40 heavy (non-hydrogen) atoms. The third-order valence-corrected chi connectivity index (χ3v) is 7.23. The Kier molecular flexibility index (Phi) is 8.79. The van der Waals surface area contributed by atoms with Crippen molar-refractivity contribution in [3.8, 4) is 11.1 Å². The molecule has 1 aliphatic rings. The number of thiophene rings is 1. The van der Waals surface area contributed by atoms with Crippen molar-refractivity contribution in [2.75, 3.05) is 18.5 Å². The van der Waals surface area contributed by atoms with Crippen molar-refractivity contribution in [1.29, 1.82) is 0 Å². The second kappa shape index (κ2) is 12.3. The fraction of sp³-hybridized carbons (Fsp3) is 0.300. The maximum Gasteiger partial charge on any atom is 0.341 e. The standard InChI is InChI=1S/C30H30N2O7S/c1-5-38-30(37)25-22(19-12-10-18(4)11-13-19)16-40-26(25)31-24(33)15-39-29(36)23(14-17(2)3)32-27(34)20-8-6-7-9-21(20)28(32)35/h6-13,16-17,23H,5,14-15H2,1-4H3,(H,31,33)/t23-/m1/s1. The first-order chi connectivity index (χ1) is 19.1. The second-order valence-corrected chi connectivity index (χ2v) is 10.6. The highest BCUT2D eigenvalue weighted by atomic mass is 32.1. The Morgan fingerprint density at radius 3 is 2.12 bits per heavy atom. The van der Waals surface area contributed by atoms with Gasteiger partial charge in [0.25, 0.3) is 17.7 Å². The van der Waals surface area contributed by atoms with Crippen LogP contribution in [0.3, 0.4) is 0 Å². The van der Waals surface area contributed by atoms with Gasteiger partial charge in [-0.1, -0.05) is 55.8 Å². The van der Waals surface area contributed by atoms with Gasteiger partial charge in [0.2, 0.25) is 0 Å². The molecular formula is C30H30N2O7S. The molecule has 0 spiro atoms. The Morgan fingerprint density at radius 1 is 0.925 bits per heavy atom. The predicted molar refractivity (Wildman–Crippen MR) is 150 cm³/mol. The first-order valence-corrected chi connectivity index (χ1v) is 13.8. The molecule has 2 aromatic carbocycles. The number of nitrogens with zero attached hydrogens (tertiary/aromatic N) is 1. The van der Waals surface area contributed by atoms with Crippen molar-refractivity contribution in [2.24, 2.45) is 5.92 Å². The quantitative estimate of drug-likeness (QED) is 0.270. The Labute approximate surface area is 236 Å². The zero-order valence-corrected chi connectivity index (χ0v) is 23.5. The monoisotopic (exact) mass is 562 g/mol. The summed E-state index contributed by atoms with van der Waals surface area (Å²) in [6, 6.07) is 12.8. The molecule has 0 unspecified atom stereocenters. The number of imide groups is 1. The fourth-order valence-corrected chi connectivity index (χ4v) is 5.42. The van der Waals surface area contributed by atoms with E-state index in [1.54, 1.807) is 24.4 Å². The summed E-state index contributed by atoms with van der Waals surface area (Å²) in [6.07, 6.45) is 0.170. The van der Waals surface area contributed by atoms with Gasteiger partial charge in [-0.25, -0.2) is 9.59 Å². The van der Waals surface area contributed by atoms with Crippen molar-refractivity contribution in [1.82, 2.24) is 4.90 Å². The van der Waals surface area contributed by atoms with E-state index in [2.05, 4.69) is 5.32 Å². The largest absolute Gasteiger partial charge is 0.462 e. The SMILES string of the molecule is CCOC(=O)c1c(-c2ccc(C)cc2)csc1NC(=O)COC(=O)[C@@H](CC(C)C)N1C(=O)c2ccccc2C1=O. The van der Waals surface area contributed by atoms with Gasteiger partial charge in [-0.3, -0.25) is 19.3 Å². The lowest BCUT2D eigenvalue weighted by molar-refractivity contribution is -0.151. The zero-order chi connectivity index (χ0) is 29.0. The van der Waals surface area contributed by atoms with Crippen LogP contribution in [0.2, 0.25) is 0 Å². The summed E-state index contributed by atoms with van der Waals surface area (Å²) >= 11 is 1.15. The lowest BCUT2D eigenvalue weighted by Crippen LogP contribution is -2.46. The number of ether oxygens (including phenoxy) is 2. The molecule has 1 atom stereocenters. The Balaban J connectivity index is 1.49. The van der Waals surface area contributed by atoms with Crippen LogP contribution < -0.4 is 5.32 Å². The van der Waals surface area contributed by atoms with Gasteiger partial charge in [-0.2, -0.15) is 0 Å². The number of carbonyl (C=O) groups excluding carboxylic acids is 5. The van der Waals surface area contributed by atoms with Crippen LogP contribution in [0.4, 0.5) is 5.00 Å². The number of aryl methyl sites for hydroxylation is 1. The number of esters is 2. The van der Waals surface area contributed by atoms with E-state index in [1.165, 1.54) is 12.1 Å². The topological polar surface area (TPSA) is 119 Å². The van der Waals surface area contributed by atoms with Crippen LogP contribution in [0.1, 0.15) is 63.8 Å². The number of fused-ring (bicyclic) bond motifs is 1. The minimum absolute atomic E-state index is 0.0471. The predicted octanol–water partition coefficient (Wildman–Crippen LogP) is 5.09. The summed E-state index contributed by atoms with van der Waals surface area (Å²) in [5.41, 5.74) is 3.11. The third kappa shape index (κ3) is 5.96. The Morgan fingerprint density at radius 2 is 1.55 bits per heavy atom. The number of nitrogens with one attached hydrogen (secondary N) is 1. The summed E-state index contributed by atoms with van der Waals surface area (Å²) in [4.78, 5) is 65.6. The number of amides is 3. The van der Waals surface area contributed by atoms with Crippen LogP contribution in [0.25, 0.3) is 11.1 Å². The number of rotatable bonds is 10. The first-order valence-electron chi connectivity index (χ1n) is 12.9. The highest BCUT2D eigenvalue weighted by molar-refractivity contribution is 7.15. The van der Waals surface area contributed by atoms with E-state index in [0.717, 1.165) is 27.4 Å². The molecule has 208 valence electrons. The number of benzene rings is 2. The highest BCUT2D eigenvalue weighted by Crippen LogP contribution is 2.36. The van der Waals surface area contributed by atoms with E-state index in [4.69, 9.17) is 9.47 Å². The van der Waals surface area contributed by atoms with Crippen LogP contribution in [0.15, 0.2) is 53.9 Å². The normalized spacial score (nSPS) is 13.3. The molecule has 1 aliphatic heterocycles. The van der Waals surface area contributed by atoms with Crippen molar-refractivity contribution >= 4 is 46.0 Å². The van der Waals surface area contributed by atoms with Crippen LogP contribution in [0, 0.1) is 12.8 Å². The third-order valence-electron chi connectivity index (χ3n) is 6.34. The van der Waals surface area contributed by atoms with Crippen LogP contribution in [-0.4, -0.2) is 53.8 Å². The van der Waals surface area contributed by atoms with Gasteiger partial charge in [0.15, 0.2) is 6.61 Å². The van der Waals surface area contributed by atoms with Crippen molar-refractivity contribution in [2.45, 2.75) is 40.2 Å². The molecule has 0 bridgehead atoms. The van der Waals surface area contributed by atoms with Crippen molar-refractivity contribution in [3.05, 3.63) is 76.2 Å². The van der Waals surface area contributed by atoms with Gasteiger partial charge >= 0.3 is 11.9 Å². The van der Waals surface area contributed by atoms with Gasteiger partial charge in [0.05, 0.1) is 17.7 Å². The van der Waals surface area contributed by atoms with Gasteiger partial charge in [-0.05, 0) is 43.9 Å². The molecule has 1 N–H and O–H groups in total. The number of hydrogen-bond acceptors (Lipinski definition) is 8. The molecule has 3 amide bonds. The van der Waals surface area contributed by atoms with Gasteiger partial charge in [0, 0.05) is 10.9 Å². The second-order valence-electron chi connectivity index (χ2n) is 9.77. The van der Waals surface area contributed by atoms with Crippen LogP contribution in [-0.2, 0) is 19.1 Å². The molecule has 3 aromatic rings. The van der Waals surface area contributed by atoms with E-state index in [1.807, 2.05) is 45.0 Å². The van der Waals surface area contributed by atoms with Crippen LogP contribution in [0.5, 0.6) is 0 Å². The zero-order valence-electron chi connectivity index (χ0n) is 22.7. The number of hydrogen-bond donors (Lipinski definition) is 1. The first kappa shape index (κ1) is 28.7. The van der Waals surface area contributed by atoms with E-state index < -0.39 is 42.3 Å². The molecule has 10 heteroatoms. The maximum atomic E-state index is 13.1. The molecular weight excluding hydrogens is 532 g/mol. The summed E-state index contributed by atoms with van der Waals surface area (Å²) in [5.74, 6) is -3.33. The van der Waals surface area contributed by atoms with Crippen LogP contribution >= 0.6 is 11.3 Å². The van der Waals surface area contributed by atoms with Gasteiger partial charge < -0.3 is 14.8 Å². The van der Waals surface area contributed by atoms with E-state index in [-0.39, 0.29) is 40.6 Å². The highest BCUT2D eigenvalue weighted by Gasteiger charge is 2.43. The summed E-state index contributed by atoms with van der Waals surface area (Å²) in [6.45, 7) is 6.83. The summed E-state index contributed by atoms with van der Waals surface area (Å²) in [5, 5.41) is 4.65. The minimum Gasteiger partial charge on any atom is -0.462 e. The Bertz CT molecular complexity index is 1420. The van der Waals surface area contributed by atoms with Gasteiger partial charge in [0.1, 0.15) is 16.6 Å². The molecule has 0 fully saturated rings. The molecule has 0 saturated heterocycles. The molecule has 9 nitrogen and oxygen atoms in total. The molecule has 2 heterocycles. The molecule has 1 aromatic heterocycles. The summed E-state index contributed by atoms with van der Waals surface area (Å²) < 4.78 is 10.5. The lowest BCUT2D eigenvalue weighted by Gasteiger charge is -2.25. The maximum absolute atomic E-state index is 13.1. The average Bonchev–Trinajstić information content (AvgIpc) is 3.45. The molecule has 0 radical (unpaired) electrons. The van der Waals surface area contributed by atoms with E-state index >= 15 is 0 Å². The van der Waals surface area contributed by atoms with E-state index in [0.29, 0.717) is 5.56 Å². The average molecular weight is 563 g/mol. The van der Waals surface area contributed by atoms with E-state index in [9.17, 15) is 24.0 Å². The molecule has 0 saturated carbocycles. The van der Waals surface area contributed by atoms with Crippen molar-refractivity contribution in [3.63, 3.8) is 0 Å². The molecule has 4 rings (SSSR count). The fourth-order valence-electron chi connectivity index (χ4n) is 4.44. The lowest BCUT2D eigenvalue weighted by atomic mass is 10.0. The number of carbonyl (C=O) groups is 5. The number of anilines is 1. The summed E-state index contributed by atoms with van der Waals surface area (Å²) in [7, 11) is 0. The molecule has 0 aliphatic carbocycles. The smallest absolute Gasteiger partial charge is 0.341 e. The van der Waals surface area contributed by atoms with Crippen molar-refractivity contribution < 1.29 is 33.4 Å². The van der Waals surface area contributed by atoms with Gasteiger partial charge in [-0.15, -0.1) is 11.3 Å². The minimum atomic E-state index is -1.19.